The summed E-state index contributed by atoms with van der Waals surface area (Å²) < 4.78 is 11.0. The van der Waals surface area contributed by atoms with E-state index in [1.807, 2.05) is 30.3 Å². The van der Waals surface area contributed by atoms with Gasteiger partial charge < -0.3 is 14.6 Å². The van der Waals surface area contributed by atoms with Crippen LogP contribution in [0.2, 0.25) is 0 Å². The molecule has 0 fully saturated rings. The molecular weight excluding hydrogens is 240 g/mol. The summed E-state index contributed by atoms with van der Waals surface area (Å²) in [5.41, 5.74) is 0. The van der Waals surface area contributed by atoms with Gasteiger partial charge in [0.2, 0.25) is 0 Å². The van der Waals surface area contributed by atoms with Crippen LogP contribution in [-0.4, -0.2) is 24.9 Å². The van der Waals surface area contributed by atoms with Crippen molar-refractivity contribution in [1.29, 1.82) is 0 Å². The maximum Gasteiger partial charge on any atom is 0.161 e. The number of hydrogen-bond donors (Lipinski definition) is 1. The van der Waals surface area contributed by atoms with Crippen molar-refractivity contribution in [2.24, 2.45) is 5.92 Å². The molecule has 0 aliphatic carbocycles. The Morgan fingerprint density at radius 3 is 2.42 bits per heavy atom. The summed E-state index contributed by atoms with van der Waals surface area (Å²) in [6, 6.07) is 11.4. The van der Waals surface area contributed by atoms with Gasteiger partial charge in [-0.15, -0.1) is 0 Å². The minimum absolute atomic E-state index is 0.169. The van der Waals surface area contributed by atoms with Gasteiger partial charge in [-0.25, -0.2) is 0 Å². The van der Waals surface area contributed by atoms with Crippen molar-refractivity contribution in [2.45, 2.75) is 13.8 Å². The van der Waals surface area contributed by atoms with Crippen LogP contribution in [0.15, 0.2) is 36.4 Å². The highest BCUT2D eigenvalue weighted by Gasteiger charge is 2.04. The standard InChI is InChI=1S/C16H20O3/c1-12(2)11-18-7-8-19-16-10-14-6-4-3-5-13(14)9-15(16)17/h3-6,9-10,12,17H,7-8,11H2,1-2H3. The van der Waals surface area contributed by atoms with E-state index in [1.54, 1.807) is 6.07 Å². The van der Waals surface area contributed by atoms with Crippen LogP contribution in [0.4, 0.5) is 0 Å². The molecule has 3 heteroatoms. The zero-order valence-electron chi connectivity index (χ0n) is 11.4. The van der Waals surface area contributed by atoms with Crippen molar-refractivity contribution in [2.75, 3.05) is 19.8 Å². The molecule has 0 bridgehead atoms. The Labute approximate surface area is 113 Å². The van der Waals surface area contributed by atoms with E-state index in [1.165, 1.54) is 0 Å². The van der Waals surface area contributed by atoms with Crippen LogP contribution in [0.1, 0.15) is 13.8 Å². The van der Waals surface area contributed by atoms with Crippen LogP contribution in [0.3, 0.4) is 0 Å². The number of aromatic hydroxyl groups is 1. The molecule has 2 rings (SSSR count). The molecule has 0 aliphatic rings. The quantitative estimate of drug-likeness (QED) is 0.807. The Bertz CT molecular complexity index is 535. The lowest BCUT2D eigenvalue weighted by molar-refractivity contribution is 0.0811. The monoisotopic (exact) mass is 260 g/mol. The number of rotatable bonds is 6. The van der Waals surface area contributed by atoms with Crippen molar-refractivity contribution in [3.05, 3.63) is 36.4 Å². The van der Waals surface area contributed by atoms with Crippen molar-refractivity contribution in [3.8, 4) is 11.5 Å². The summed E-state index contributed by atoms with van der Waals surface area (Å²) in [6.45, 7) is 5.92. The van der Waals surface area contributed by atoms with Crippen molar-refractivity contribution >= 4 is 10.8 Å². The topological polar surface area (TPSA) is 38.7 Å². The van der Waals surface area contributed by atoms with Crippen LogP contribution >= 0.6 is 0 Å². The van der Waals surface area contributed by atoms with E-state index >= 15 is 0 Å². The van der Waals surface area contributed by atoms with E-state index < -0.39 is 0 Å². The lowest BCUT2D eigenvalue weighted by atomic mass is 10.1. The third-order valence-corrected chi connectivity index (χ3v) is 2.76. The first-order chi connectivity index (χ1) is 9.16. The third kappa shape index (κ3) is 3.86. The molecule has 1 N–H and O–H groups in total. The highest BCUT2D eigenvalue weighted by molar-refractivity contribution is 5.85. The molecule has 3 nitrogen and oxygen atoms in total. The van der Waals surface area contributed by atoms with Crippen LogP contribution in [0.25, 0.3) is 10.8 Å². The van der Waals surface area contributed by atoms with E-state index in [0.29, 0.717) is 24.9 Å². The Hall–Kier alpha value is -1.74. The number of hydrogen-bond acceptors (Lipinski definition) is 3. The fraction of sp³-hybridized carbons (Fsp3) is 0.375. The average molecular weight is 260 g/mol. The Balaban J connectivity index is 1.95. The van der Waals surface area contributed by atoms with Gasteiger partial charge in [-0.3, -0.25) is 0 Å². The van der Waals surface area contributed by atoms with E-state index in [9.17, 15) is 5.11 Å². The minimum Gasteiger partial charge on any atom is -0.504 e. The first-order valence-electron chi connectivity index (χ1n) is 6.59. The minimum atomic E-state index is 0.169. The molecular formula is C16H20O3. The number of phenols is 1. The van der Waals surface area contributed by atoms with Crippen LogP contribution in [0, 0.1) is 5.92 Å². The number of ether oxygens (including phenoxy) is 2. The molecule has 0 radical (unpaired) electrons. The Kier molecular flexibility index (Phi) is 4.63. The molecule has 0 saturated heterocycles. The molecule has 0 aliphatic heterocycles. The molecule has 0 spiro atoms. The number of phenolic OH excluding ortho intramolecular Hbond substituents is 1. The molecule has 0 amide bonds. The molecule has 2 aromatic rings. The van der Waals surface area contributed by atoms with Gasteiger partial charge in [-0.1, -0.05) is 38.1 Å². The summed E-state index contributed by atoms with van der Waals surface area (Å²) in [7, 11) is 0. The van der Waals surface area contributed by atoms with Gasteiger partial charge in [0.25, 0.3) is 0 Å². The van der Waals surface area contributed by atoms with Crippen molar-refractivity contribution < 1.29 is 14.6 Å². The van der Waals surface area contributed by atoms with Gasteiger partial charge in [0.15, 0.2) is 11.5 Å². The second-order valence-corrected chi connectivity index (χ2v) is 4.98. The number of benzene rings is 2. The maximum absolute atomic E-state index is 9.89. The lowest BCUT2D eigenvalue weighted by Gasteiger charge is -2.10. The average Bonchev–Trinajstić information content (AvgIpc) is 2.38. The van der Waals surface area contributed by atoms with E-state index in [0.717, 1.165) is 17.4 Å². The number of fused-ring (bicyclic) bond motifs is 1. The van der Waals surface area contributed by atoms with Crippen LogP contribution in [0.5, 0.6) is 11.5 Å². The fourth-order valence-corrected chi connectivity index (χ4v) is 1.85. The molecule has 0 atom stereocenters. The van der Waals surface area contributed by atoms with Crippen LogP contribution in [-0.2, 0) is 4.74 Å². The molecule has 19 heavy (non-hydrogen) atoms. The molecule has 0 unspecified atom stereocenters. The second-order valence-electron chi connectivity index (χ2n) is 4.98. The zero-order chi connectivity index (χ0) is 13.7. The van der Waals surface area contributed by atoms with E-state index in [2.05, 4.69) is 13.8 Å². The highest BCUT2D eigenvalue weighted by Crippen LogP contribution is 2.31. The Morgan fingerprint density at radius 1 is 1.05 bits per heavy atom. The first-order valence-corrected chi connectivity index (χ1v) is 6.59. The predicted molar refractivity (Wildman–Crippen MR) is 76.8 cm³/mol. The lowest BCUT2D eigenvalue weighted by Crippen LogP contribution is -2.10. The van der Waals surface area contributed by atoms with Crippen LogP contribution < -0.4 is 4.74 Å². The molecule has 102 valence electrons. The van der Waals surface area contributed by atoms with E-state index in [4.69, 9.17) is 9.47 Å². The van der Waals surface area contributed by atoms with Gasteiger partial charge in [-0.05, 0) is 28.8 Å². The third-order valence-electron chi connectivity index (χ3n) is 2.76. The summed E-state index contributed by atoms with van der Waals surface area (Å²) in [4.78, 5) is 0. The second kappa shape index (κ2) is 6.43. The van der Waals surface area contributed by atoms with Gasteiger partial charge in [-0.2, -0.15) is 0 Å². The van der Waals surface area contributed by atoms with Gasteiger partial charge >= 0.3 is 0 Å². The smallest absolute Gasteiger partial charge is 0.161 e. The summed E-state index contributed by atoms with van der Waals surface area (Å²) in [5, 5.41) is 11.9. The largest absolute Gasteiger partial charge is 0.504 e. The fourth-order valence-electron chi connectivity index (χ4n) is 1.85. The summed E-state index contributed by atoms with van der Waals surface area (Å²) >= 11 is 0. The van der Waals surface area contributed by atoms with E-state index in [-0.39, 0.29) is 5.75 Å². The molecule has 2 aromatic carbocycles. The van der Waals surface area contributed by atoms with Crippen molar-refractivity contribution in [3.63, 3.8) is 0 Å². The zero-order valence-corrected chi connectivity index (χ0v) is 11.4. The first kappa shape index (κ1) is 13.7. The van der Waals surface area contributed by atoms with Gasteiger partial charge in [0, 0.05) is 6.61 Å². The molecule has 0 heterocycles. The summed E-state index contributed by atoms with van der Waals surface area (Å²) in [5.74, 6) is 1.20. The maximum atomic E-state index is 9.89. The predicted octanol–water partition coefficient (Wildman–Crippen LogP) is 3.60. The van der Waals surface area contributed by atoms with Crippen molar-refractivity contribution in [1.82, 2.24) is 0 Å². The van der Waals surface area contributed by atoms with Gasteiger partial charge in [0.05, 0.1) is 6.61 Å². The molecule has 0 saturated carbocycles. The normalized spacial score (nSPS) is 11.1. The highest BCUT2D eigenvalue weighted by atomic mass is 16.5. The molecule has 0 aromatic heterocycles. The SMILES string of the molecule is CC(C)COCCOc1cc2ccccc2cc1O. The summed E-state index contributed by atoms with van der Waals surface area (Å²) in [6.07, 6.45) is 0. The van der Waals surface area contributed by atoms with Gasteiger partial charge in [0.1, 0.15) is 6.61 Å². The Morgan fingerprint density at radius 2 is 1.74 bits per heavy atom.